The molecule has 1 radical (unpaired) electrons. The van der Waals surface area contributed by atoms with Gasteiger partial charge in [-0.2, -0.15) is 12.1 Å². The second-order valence-electron chi connectivity index (χ2n) is 8.06. The van der Waals surface area contributed by atoms with Crippen molar-refractivity contribution >= 4 is 52.6 Å². The Hall–Kier alpha value is -1.45. The van der Waals surface area contributed by atoms with Crippen molar-refractivity contribution in [2.45, 2.75) is 33.7 Å². The average molecular weight is 657 g/mol. The third kappa shape index (κ3) is 8.68. The fourth-order valence-corrected chi connectivity index (χ4v) is 6.42. The molecule has 33 heavy (non-hydrogen) atoms. The summed E-state index contributed by atoms with van der Waals surface area (Å²) in [5.74, 6) is 0. The molecule has 0 saturated carbocycles. The van der Waals surface area contributed by atoms with E-state index in [2.05, 4.69) is 119 Å². The van der Waals surface area contributed by atoms with Crippen molar-refractivity contribution in [3.8, 4) is 0 Å². The van der Waals surface area contributed by atoms with Crippen LogP contribution >= 0.6 is 24.8 Å². The summed E-state index contributed by atoms with van der Waals surface area (Å²) in [4.78, 5) is 0. The first kappa shape index (κ1) is 29.6. The van der Waals surface area contributed by atoms with Gasteiger partial charge in [0, 0.05) is 0 Å². The van der Waals surface area contributed by atoms with Gasteiger partial charge in [0.25, 0.3) is 0 Å². The number of hydrogen-bond acceptors (Lipinski definition) is 0. The fourth-order valence-electron chi connectivity index (χ4n) is 3.78. The van der Waals surface area contributed by atoms with Gasteiger partial charge in [0.2, 0.25) is 0 Å². The van der Waals surface area contributed by atoms with E-state index in [9.17, 15) is 0 Å². The van der Waals surface area contributed by atoms with Gasteiger partial charge in [-0.25, -0.2) is 0 Å². The average Bonchev–Trinajstić information content (AvgIpc) is 3.33. The molecule has 169 valence electrons. The van der Waals surface area contributed by atoms with E-state index in [0.29, 0.717) is 0 Å². The summed E-state index contributed by atoms with van der Waals surface area (Å²) in [5, 5.41) is 5.51. The van der Waals surface area contributed by atoms with Crippen LogP contribution in [0.15, 0.2) is 91.0 Å². The van der Waals surface area contributed by atoms with Gasteiger partial charge in [-0.05, 0) is 13.8 Å². The van der Waals surface area contributed by atoms with Crippen LogP contribution in [0.2, 0.25) is 0 Å². The zero-order valence-corrected chi connectivity index (χ0v) is 25.9. The molecule has 0 atom stereocenters. The third-order valence-corrected chi connectivity index (χ3v) is 7.85. The Kier molecular flexibility index (Phi) is 13.2. The standard InChI is InChI=1S/2C11H11.C7H7Si.2ClH.Hf/c2*1-8-6-10-5-3-4-9(2)11(10)7-8;8-6-7-4-2-1-3-5-7;;;/h2*3-7H,1-2H3;1-5H,6H2;2*1H;/q2*-1;;;;+2. The number of benzene rings is 3. The van der Waals surface area contributed by atoms with Crippen LogP contribution in [0.4, 0.5) is 0 Å². The van der Waals surface area contributed by atoms with E-state index in [1.165, 1.54) is 84.6 Å². The maximum absolute atomic E-state index is 2.24. The molecule has 0 N–H and O–H groups in total. The molecule has 0 aromatic heterocycles. The summed E-state index contributed by atoms with van der Waals surface area (Å²) in [5.41, 5.74) is 6.95. The molecule has 0 bridgehead atoms. The Balaban J connectivity index is 0.000000242. The summed E-state index contributed by atoms with van der Waals surface area (Å²) in [6.45, 7) is 8.59. The van der Waals surface area contributed by atoms with Gasteiger partial charge >= 0.3 is 71.2 Å². The molecule has 0 heterocycles. The summed E-state index contributed by atoms with van der Waals surface area (Å²) in [6.07, 6.45) is 1.17. The summed E-state index contributed by atoms with van der Waals surface area (Å²) in [6, 6.07) is 33.8. The minimum absolute atomic E-state index is 0. The number of halogens is 2. The molecule has 0 spiro atoms. The van der Waals surface area contributed by atoms with Gasteiger partial charge in [-0.1, -0.05) is 37.1 Å². The van der Waals surface area contributed by atoms with E-state index in [-0.39, 0.29) is 24.8 Å². The van der Waals surface area contributed by atoms with Gasteiger partial charge in [-0.3, -0.25) is 0 Å². The van der Waals surface area contributed by atoms with E-state index in [4.69, 9.17) is 0 Å². The van der Waals surface area contributed by atoms with Gasteiger partial charge in [0.1, 0.15) is 0 Å². The van der Waals surface area contributed by atoms with E-state index >= 15 is 0 Å². The van der Waals surface area contributed by atoms with E-state index in [1.54, 1.807) is 0 Å². The first-order valence-electron chi connectivity index (χ1n) is 10.7. The van der Waals surface area contributed by atoms with E-state index < -0.39 is 0 Å². The van der Waals surface area contributed by atoms with Crippen LogP contribution in [-0.4, -0.2) is 6.22 Å². The monoisotopic (exact) mass is 657 g/mol. The van der Waals surface area contributed by atoms with Gasteiger partial charge in [0.05, 0.1) is 0 Å². The molecule has 5 rings (SSSR count). The summed E-state index contributed by atoms with van der Waals surface area (Å²) in [7, 11) is 0. The van der Waals surface area contributed by atoms with Crippen molar-refractivity contribution < 1.29 is 23.0 Å². The number of fused-ring (bicyclic) bond motifs is 2. The van der Waals surface area contributed by atoms with Gasteiger partial charge in [0.15, 0.2) is 0 Å². The predicted molar refractivity (Wildman–Crippen MR) is 148 cm³/mol. The van der Waals surface area contributed by atoms with Gasteiger partial charge in [-0.15, -0.1) is 93.9 Å². The Bertz CT molecular complexity index is 1190. The van der Waals surface area contributed by atoms with Crippen molar-refractivity contribution in [3.05, 3.63) is 119 Å². The van der Waals surface area contributed by atoms with Crippen LogP contribution in [0.25, 0.3) is 21.5 Å². The zero-order valence-electron chi connectivity index (χ0n) is 19.7. The second kappa shape index (κ2) is 14.7. The Morgan fingerprint density at radius 2 is 1.09 bits per heavy atom. The van der Waals surface area contributed by atoms with Crippen LogP contribution in [-0.2, 0) is 29.0 Å². The van der Waals surface area contributed by atoms with E-state index in [1.807, 2.05) is 0 Å². The van der Waals surface area contributed by atoms with E-state index in [0.717, 1.165) is 0 Å². The fraction of sp³-hybridized carbons (Fsp3) is 0.172. The van der Waals surface area contributed by atoms with Crippen LogP contribution in [0.1, 0.15) is 27.8 Å². The van der Waals surface area contributed by atoms with Gasteiger partial charge < -0.3 is 0 Å². The van der Waals surface area contributed by atoms with Crippen molar-refractivity contribution in [1.29, 1.82) is 0 Å². The number of hydrogen-bond donors (Lipinski definition) is 0. The van der Waals surface area contributed by atoms with Crippen LogP contribution in [0.3, 0.4) is 0 Å². The van der Waals surface area contributed by atoms with Crippen LogP contribution < -0.4 is 0 Å². The molecule has 0 unspecified atom stereocenters. The molecule has 5 aromatic carbocycles. The molecule has 4 heteroatoms. The molecule has 0 saturated heterocycles. The first-order valence-corrected chi connectivity index (χ1v) is 17.3. The number of rotatable bonds is 2. The third-order valence-electron chi connectivity index (χ3n) is 5.36. The Morgan fingerprint density at radius 3 is 1.48 bits per heavy atom. The predicted octanol–water partition coefficient (Wildman–Crippen LogP) is 8.55. The zero-order chi connectivity index (χ0) is 22.2. The Labute approximate surface area is 226 Å². The molecule has 0 aliphatic heterocycles. The molecule has 0 fully saturated rings. The normalized spacial score (nSPS) is 9.64. The maximum atomic E-state index is 2.24. The van der Waals surface area contributed by atoms with Crippen molar-refractivity contribution in [2.75, 3.05) is 0 Å². The minimum atomic E-state index is 0. The molecule has 0 nitrogen and oxygen atoms in total. The summed E-state index contributed by atoms with van der Waals surface area (Å²) < 4.78 is 0. The SMILES string of the molecule is Cc1cc2c(C)cccc2[cH-]1.Cc1cc2c(C)cccc2[cH-]1.Cl.Cl.[Hf+2]=[Si]Cc1ccccc1. The molecule has 0 amide bonds. The first-order chi connectivity index (χ1) is 15.0. The number of aryl methyl sites for hydroxylation is 4. The molecular formula is C29H31Cl2HfSi. The van der Waals surface area contributed by atoms with Crippen LogP contribution in [0, 0.1) is 27.7 Å². The molecule has 0 aliphatic rings. The quantitative estimate of drug-likeness (QED) is 0.132. The van der Waals surface area contributed by atoms with Crippen molar-refractivity contribution in [3.63, 3.8) is 0 Å². The molecular weight excluding hydrogens is 626 g/mol. The molecule has 0 aliphatic carbocycles. The Morgan fingerprint density at radius 1 is 0.636 bits per heavy atom. The van der Waals surface area contributed by atoms with Crippen molar-refractivity contribution in [2.24, 2.45) is 0 Å². The molecule has 5 aromatic rings. The van der Waals surface area contributed by atoms with Crippen LogP contribution in [0.5, 0.6) is 0 Å². The second-order valence-corrected chi connectivity index (χ2v) is 12.6. The topological polar surface area (TPSA) is 0 Å². The summed E-state index contributed by atoms with van der Waals surface area (Å²) >= 11 is 1.35. The van der Waals surface area contributed by atoms with Crippen molar-refractivity contribution in [1.82, 2.24) is 0 Å².